The molecule has 2 heterocycles. The number of pyridine rings is 1. The number of para-hydroxylation sites is 1. The zero-order valence-electron chi connectivity index (χ0n) is 17.2. The number of ether oxygens (including phenoxy) is 2. The number of ketones is 1. The topological polar surface area (TPSA) is 51.7 Å². The van der Waals surface area contributed by atoms with Gasteiger partial charge in [-0.3, -0.25) is 9.69 Å². The molecule has 0 bridgehead atoms. The Bertz CT molecular complexity index is 826. The molecule has 0 amide bonds. The molecule has 5 nitrogen and oxygen atoms in total. The maximum atomic E-state index is 12.9. The molecule has 154 valence electrons. The van der Waals surface area contributed by atoms with Gasteiger partial charge in [0.2, 0.25) is 5.88 Å². The first kappa shape index (κ1) is 19.9. The summed E-state index contributed by atoms with van der Waals surface area (Å²) in [4.78, 5) is 19.6. The number of Topliss-reactive ketones (excluding diaryl/α,β-unsaturated/α-hetero) is 1. The van der Waals surface area contributed by atoms with Gasteiger partial charge in [0, 0.05) is 24.7 Å². The van der Waals surface area contributed by atoms with E-state index < -0.39 is 0 Å². The Kier molecular flexibility index (Phi) is 6.45. The predicted molar refractivity (Wildman–Crippen MR) is 112 cm³/mol. The summed E-state index contributed by atoms with van der Waals surface area (Å²) in [6.45, 7) is 3.57. The molecule has 2 aromatic rings. The molecule has 0 unspecified atom stereocenters. The van der Waals surface area contributed by atoms with Crippen molar-refractivity contribution in [3.05, 3.63) is 53.7 Å². The van der Waals surface area contributed by atoms with Crippen molar-refractivity contribution in [2.75, 3.05) is 26.8 Å². The molecule has 5 heteroatoms. The Balaban J connectivity index is 1.29. The normalized spacial score (nSPS) is 17.8. The molecule has 1 saturated carbocycles. The molecule has 1 aliphatic carbocycles. The molecule has 4 rings (SSSR count). The SMILES string of the molecule is COc1ncccc1CN1CCC(CC(=O)c2ccccc2OCC2CC2)CC1. The number of piperidine rings is 1. The Morgan fingerprint density at radius 3 is 2.62 bits per heavy atom. The molecule has 1 saturated heterocycles. The molecule has 1 aliphatic heterocycles. The van der Waals surface area contributed by atoms with E-state index in [9.17, 15) is 4.79 Å². The first-order valence-electron chi connectivity index (χ1n) is 10.7. The van der Waals surface area contributed by atoms with Gasteiger partial charge in [-0.1, -0.05) is 18.2 Å². The van der Waals surface area contributed by atoms with Gasteiger partial charge < -0.3 is 9.47 Å². The predicted octanol–water partition coefficient (Wildman–Crippen LogP) is 4.36. The number of rotatable bonds is 9. The third-order valence-corrected chi connectivity index (χ3v) is 5.98. The number of hydrogen-bond acceptors (Lipinski definition) is 5. The van der Waals surface area contributed by atoms with Crippen LogP contribution in [0.4, 0.5) is 0 Å². The van der Waals surface area contributed by atoms with Crippen molar-refractivity contribution in [2.24, 2.45) is 11.8 Å². The van der Waals surface area contributed by atoms with Crippen molar-refractivity contribution >= 4 is 5.78 Å². The van der Waals surface area contributed by atoms with Crippen molar-refractivity contribution in [3.8, 4) is 11.6 Å². The number of methoxy groups -OCH3 is 1. The van der Waals surface area contributed by atoms with Crippen LogP contribution in [0.1, 0.15) is 48.0 Å². The second kappa shape index (κ2) is 9.40. The number of likely N-dealkylation sites (tertiary alicyclic amines) is 1. The number of aromatic nitrogens is 1. The first-order chi connectivity index (χ1) is 14.2. The Morgan fingerprint density at radius 1 is 1.07 bits per heavy atom. The molecular weight excluding hydrogens is 364 g/mol. The third-order valence-electron chi connectivity index (χ3n) is 5.98. The lowest BCUT2D eigenvalue weighted by molar-refractivity contribution is 0.0920. The fraction of sp³-hybridized carbons (Fsp3) is 0.500. The van der Waals surface area contributed by atoms with Crippen molar-refractivity contribution in [3.63, 3.8) is 0 Å². The minimum absolute atomic E-state index is 0.212. The standard InChI is InChI=1S/C24H30N2O3/c1-28-24-20(5-4-12-25-24)16-26-13-10-18(11-14-26)15-22(27)21-6-2-3-7-23(21)29-17-19-8-9-19/h2-7,12,18-19H,8-11,13-17H2,1H3. The summed E-state index contributed by atoms with van der Waals surface area (Å²) in [5.74, 6) is 2.79. The summed E-state index contributed by atoms with van der Waals surface area (Å²) in [7, 11) is 1.66. The molecule has 0 atom stereocenters. The Hall–Kier alpha value is -2.40. The second-order valence-corrected chi connectivity index (χ2v) is 8.27. The van der Waals surface area contributed by atoms with E-state index in [1.807, 2.05) is 30.3 Å². The summed E-state index contributed by atoms with van der Waals surface area (Å²) in [6, 6.07) is 11.7. The summed E-state index contributed by atoms with van der Waals surface area (Å²) >= 11 is 0. The molecule has 1 aromatic carbocycles. The van der Waals surface area contributed by atoms with Crippen LogP contribution >= 0.6 is 0 Å². The van der Waals surface area contributed by atoms with Gasteiger partial charge in [0.15, 0.2) is 5.78 Å². The largest absolute Gasteiger partial charge is 0.493 e. The fourth-order valence-corrected chi connectivity index (χ4v) is 4.00. The molecular formula is C24H30N2O3. The van der Waals surface area contributed by atoms with Crippen molar-refractivity contribution < 1.29 is 14.3 Å². The van der Waals surface area contributed by atoms with E-state index in [0.717, 1.165) is 56.0 Å². The third kappa shape index (κ3) is 5.36. The highest BCUT2D eigenvalue weighted by Gasteiger charge is 2.25. The lowest BCUT2D eigenvalue weighted by Gasteiger charge is -2.32. The molecule has 2 aliphatic rings. The summed E-state index contributed by atoms with van der Waals surface area (Å²) in [5, 5.41) is 0. The average molecular weight is 395 g/mol. The van der Waals surface area contributed by atoms with E-state index in [1.165, 1.54) is 12.8 Å². The number of benzene rings is 1. The molecule has 0 N–H and O–H groups in total. The van der Waals surface area contributed by atoms with Crippen molar-refractivity contribution in [2.45, 2.75) is 38.6 Å². The van der Waals surface area contributed by atoms with Crippen molar-refractivity contribution in [1.29, 1.82) is 0 Å². The highest BCUT2D eigenvalue weighted by Crippen LogP contribution is 2.31. The van der Waals surface area contributed by atoms with Crippen LogP contribution in [-0.2, 0) is 6.54 Å². The molecule has 0 spiro atoms. The van der Waals surface area contributed by atoms with Crippen LogP contribution in [0.5, 0.6) is 11.6 Å². The second-order valence-electron chi connectivity index (χ2n) is 8.27. The zero-order valence-corrected chi connectivity index (χ0v) is 17.2. The molecule has 0 radical (unpaired) electrons. The van der Waals surface area contributed by atoms with Crippen LogP contribution in [0.25, 0.3) is 0 Å². The molecule has 1 aromatic heterocycles. The fourth-order valence-electron chi connectivity index (χ4n) is 4.00. The highest BCUT2D eigenvalue weighted by molar-refractivity contribution is 5.98. The van der Waals surface area contributed by atoms with Crippen LogP contribution in [0, 0.1) is 11.8 Å². The van der Waals surface area contributed by atoms with Gasteiger partial charge in [0.25, 0.3) is 0 Å². The Morgan fingerprint density at radius 2 is 1.86 bits per heavy atom. The van der Waals surface area contributed by atoms with Crippen molar-refractivity contribution in [1.82, 2.24) is 9.88 Å². The zero-order chi connectivity index (χ0) is 20.1. The van der Waals surface area contributed by atoms with Gasteiger partial charge in [-0.05, 0) is 68.8 Å². The van der Waals surface area contributed by atoms with Gasteiger partial charge >= 0.3 is 0 Å². The Labute approximate surface area is 173 Å². The monoisotopic (exact) mass is 394 g/mol. The minimum atomic E-state index is 0.212. The van der Waals surface area contributed by atoms with Gasteiger partial charge in [-0.2, -0.15) is 0 Å². The van der Waals surface area contributed by atoms with E-state index in [4.69, 9.17) is 9.47 Å². The first-order valence-corrected chi connectivity index (χ1v) is 10.7. The highest BCUT2D eigenvalue weighted by atomic mass is 16.5. The summed E-state index contributed by atoms with van der Waals surface area (Å²) < 4.78 is 11.3. The van der Waals surface area contributed by atoms with Gasteiger partial charge in [0.05, 0.1) is 19.3 Å². The summed E-state index contributed by atoms with van der Waals surface area (Å²) in [6.07, 6.45) is 6.94. The van der Waals surface area contributed by atoms with Crippen LogP contribution in [0.15, 0.2) is 42.6 Å². The number of carbonyl (C=O) groups is 1. The van der Waals surface area contributed by atoms with Gasteiger partial charge in [-0.25, -0.2) is 4.98 Å². The lowest BCUT2D eigenvalue weighted by atomic mass is 9.89. The minimum Gasteiger partial charge on any atom is -0.493 e. The average Bonchev–Trinajstić information content (AvgIpc) is 3.59. The van der Waals surface area contributed by atoms with E-state index in [0.29, 0.717) is 24.1 Å². The number of nitrogens with zero attached hydrogens (tertiary/aromatic N) is 2. The van der Waals surface area contributed by atoms with Crippen LogP contribution in [0.2, 0.25) is 0 Å². The van der Waals surface area contributed by atoms with E-state index >= 15 is 0 Å². The maximum absolute atomic E-state index is 12.9. The number of carbonyl (C=O) groups excluding carboxylic acids is 1. The van der Waals surface area contributed by atoms with E-state index in [1.54, 1.807) is 13.3 Å². The quantitative estimate of drug-likeness (QED) is 0.592. The molecule has 29 heavy (non-hydrogen) atoms. The van der Waals surface area contributed by atoms with Gasteiger partial charge in [-0.15, -0.1) is 0 Å². The van der Waals surface area contributed by atoms with Crippen LogP contribution in [0.3, 0.4) is 0 Å². The van der Waals surface area contributed by atoms with Crippen LogP contribution in [-0.4, -0.2) is 42.5 Å². The lowest BCUT2D eigenvalue weighted by Crippen LogP contribution is -2.34. The molecule has 2 fully saturated rings. The summed E-state index contributed by atoms with van der Waals surface area (Å²) in [5.41, 5.74) is 1.86. The number of hydrogen-bond donors (Lipinski definition) is 0. The maximum Gasteiger partial charge on any atom is 0.217 e. The van der Waals surface area contributed by atoms with E-state index in [2.05, 4.69) is 16.0 Å². The van der Waals surface area contributed by atoms with Crippen LogP contribution < -0.4 is 9.47 Å². The smallest absolute Gasteiger partial charge is 0.217 e. The van der Waals surface area contributed by atoms with E-state index in [-0.39, 0.29) is 5.78 Å². The van der Waals surface area contributed by atoms with Gasteiger partial charge in [0.1, 0.15) is 5.75 Å².